The highest BCUT2D eigenvalue weighted by Gasteiger charge is 2.14. The number of rotatable bonds is 2. The Labute approximate surface area is 107 Å². The summed E-state index contributed by atoms with van der Waals surface area (Å²) >= 11 is 0. The van der Waals surface area contributed by atoms with Crippen molar-refractivity contribution in [3.05, 3.63) is 46.4 Å². The first-order valence-electron chi connectivity index (χ1n) is 6.27. The lowest BCUT2D eigenvalue weighted by atomic mass is 9.86. The lowest BCUT2D eigenvalue weighted by molar-refractivity contribution is 0.591. The van der Waals surface area contributed by atoms with E-state index in [2.05, 4.69) is 26.8 Å². The second-order valence-corrected chi connectivity index (χ2v) is 5.65. The summed E-state index contributed by atoms with van der Waals surface area (Å²) in [7, 11) is 0. The second-order valence-electron chi connectivity index (χ2n) is 5.65. The predicted octanol–water partition coefficient (Wildman–Crippen LogP) is 2.26. The van der Waals surface area contributed by atoms with Gasteiger partial charge in [0.05, 0.1) is 0 Å². The maximum absolute atomic E-state index is 12.2. The first kappa shape index (κ1) is 12.8. The van der Waals surface area contributed by atoms with Gasteiger partial charge in [0.25, 0.3) is 5.56 Å². The molecule has 0 aliphatic rings. The molecule has 3 nitrogen and oxygen atoms in total. The van der Waals surface area contributed by atoms with E-state index in [-0.39, 0.29) is 11.0 Å². The summed E-state index contributed by atoms with van der Waals surface area (Å²) in [6, 6.07) is 8.05. The van der Waals surface area contributed by atoms with E-state index in [0.717, 1.165) is 10.8 Å². The zero-order valence-electron chi connectivity index (χ0n) is 11.2. The minimum absolute atomic E-state index is 0.0402. The first-order valence-corrected chi connectivity index (χ1v) is 6.27. The van der Waals surface area contributed by atoms with Crippen molar-refractivity contribution in [1.29, 1.82) is 0 Å². The number of aromatic nitrogens is 1. The van der Waals surface area contributed by atoms with Crippen LogP contribution in [0.5, 0.6) is 0 Å². The third-order valence-electron chi connectivity index (χ3n) is 3.21. The number of hydrogen-bond acceptors (Lipinski definition) is 2. The molecule has 0 spiro atoms. The molecule has 2 aromatic rings. The molecular formula is C15H20N2O. The van der Waals surface area contributed by atoms with Gasteiger partial charge >= 0.3 is 0 Å². The first-order chi connectivity index (χ1) is 8.43. The lowest BCUT2D eigenvalue weighted by Crippen LogP contribution is -2.23. The third kappa shape index (κ3) is 2.31. The SMILES string of the molecule is CC(C)(C)c1ccc2c(=O)n(CCN)ccc2c1. The molecular weight excluding hydrogens is 224 g/mol. The van der Waals surface area contributed by atoms with E-state index in [1.165, 1.54) is 5.56 Å². The summed E-state index contributed by atoms with van der Waals surface area (Å²) in [6.45, 7) is 7.55. The van der Waals surface area contributed by atoms with Gasteiger partial charge in [-0.25, -0.2) is 0 Å². The monoisotopic (exact) mass is 244 g/mol. The number of nitrogens with two attached hydrogens (primary N) is 1. The van der Waals surface area contributed by atoms with E-state index in [1.54, 1.807) is 4.57 Å². The number of nitrogens with zero attached hydrogens (tertiary/aromatic N) is 1. The van der Waals surface area contributed by atoms with E-state index in [0.29, 0.717) is 13.1 Å². The Bertz CT molecular complexity index is 620. The fraction of sp³-hybridized carbons (Fsp3) is 0.400. The molecule has 3 heteroatoms. The van der Waals surface area contributed by atoms with Gasteiger partial charge in [-0.2, -0.15) is 0 Å². The standard InChI is InChI=1S/C15H20N2O/c1-15(2,3)12-4-5-13-11(10-12)6-8-17(9-7-16)14(13)18/h4-6,8,10H,7,9,16H2,1-3H3. The van der Waals surface area contributed by atoms with Crippen molar-refractivity contribution in [3.8, 4) is 0 Å². The maximum atomic E-state index is 12.2. The summed E-state index contributed by atoms with van der Waals surface area (Å²) in [6.07, 6.45) is 1.82. The zero-order chi connectivity index (χ0) is 13.3. The summed E-state index contributed by atoms with van der Waals surface area (Å²) in [5.74, 6) is 0. The van der Waals surface area contributed by atoms with E-state index in [1.807, 2.05) is 24.4 Å². The highest BCUT2D eigenvalue weighted by molar-refractivity contribution is 5.82. The predicted molar refractivity (Wildman–Crippen MR) is 76.0 cm³/mol. The van der Waals surface area contributed by atoms with Crippen molar-refractivity contribution in [2.24, 2.45) is 5.73 Å². The van der Waals surface area contributed by atoms with Crippen molar-refractivity contribution in [3.63, 3.8) is 0 Å². The number of pyridine rings is 1. The minimum atomic E-state index is 0.0402. The topological polar surface area (TPSA) is 48.0 Å². The van der Waals surface area contributed by atoms with Gasteiger partial charge in [0, 0.05) is 24.7 Å². The van der Waals surface area contributed by atoms with Crippen LogP contribution in [0.4, 0.5) is 0 Å². The molecule has 0 radical (unpaired) electrons. The van der Waals surface area contributed by atoms with Crippen molar-refractivity contribution in [2.45, 2.75) is 32.7 Å². The van der Waals surface area contributed by atoms with Gasteiger partial charge in [0.1, 0.15) is 0 Å². The largest absolute Gasteiger partial charge is 0.329 e. The molecule has 1 aromatic carbocycles. The summed E-state index contributed by atoms with van der Waals surface area (Å²) in [5, 5.41) is 1.76. The average molecular weight is 244 g/mol. The van der Waals surface area contributed by atoms with Crippen LogP contribution in [0.2, 0.25) is 0 Å². The Kier molecular flexibility index (Phi) is 3.26. The Balaban J connectivity index is 2.62. The fourth-order valence-corrected chi connectivity index (χ4v) is 2.07. The van der Waals surface area contributed by atoms with Crippen molar-refractivity contribution >= 4 is 10.8 Å². The molecule has 0 aliphatic heterocycles. The molecule has 0 saturated carbocycles. The van der Waals surface area contributed by atoms with Crippen molar-refractivity contribution < 1.29 is 0 Å². The van der Waals surface area contributed by atoms with Crippen LogP contribution < -0.4 is 11.3 Å². The molecule has 2 rings (SSSR count). The smallest absolute Gasteiger partial charge is 0.258 e. The van der Waals surface area contributed by atoms with Crippen LogP contribution in [-0.4, -0.2) is 11.1 Å². The summed E-state index contributed by atoms with van der Waals surface area (Å²) < 4.78 is 1.67. The number of fused-ring (bicyclic) bond motifs is 1. The quantitative estimate of drug-likeness (QED) is 0.881. The summed E-state index contributed by atoms with van der Waals surface area (Å²) in [5.41, 5.74) is 6.87. The van der Waals surface area contributed by atoms with E-state index in [9.17, 15) is 4.79 Å². The number of hydrogen-bond donors (Lipinski definition) is 1. The molecule has 0 aliphatic carbocycles. The molecule has 2 N–H and O–H groups in total. The van der Waals surface area contributed by atoms with E-state index < -0.39 is 0 Å². The average Bonchev–Trinajstić information content (AvgIpc) is 2.31. The third-order valence-corrected chi connectivity index (χ3v) is 3.21. The van der Waals surface area contributed by atoms with Gasteiger partial charge < -0.3 is 10.3 Å². The van der Waals surface area contributed by atoms with Gasteiger partial charge in [-0.15, -0.1) is 0 Å². The zero-order valence-corrected chi connectivity index (χ0v) is 11.2. The van der Waals surface area contributed by atoms with Crippen LogP contribution in [0.3, 0.4) is 0 Å². The Morgan fingerprint density at radius 2 is 1.94 bits per heavy atom. The molecule has 1 aromatic heterocycles. The van der Waals surface area contributed by atoms with E-state index >= 15 is 0 Å². The maximum Gasteiger partial charge on any atom is 0.258 e. The van der Waals surface area contributed by atoms with Gasteiger partial charge in [0.15, 0.2) is 0 Å². The van der Waals surface area contributed by atoms with Crippen molar-refractivity contribution in [2.75, 3.05) is 6.54 Å². The lowest BCUT2D eigenvalue weighted by Gasteiger charge is -2.19. The fourth-order valence-electron chi connectivity index (χ4n) is 2.07. The highest BCUT2D eigenvalue weighted by atomic mass is 16.1. The molecule has 0 saturated heterocycles. The minimum Gasteiger partial charge on any atom is -0.329 e. The Morgan fingerprint density at radius 1 is 1.22 bits per heavy atom. The van der Waals surface area contributed by atoms with Gasteiger partial charge in [-0.05, 0) is 28.5 Å². The van der Waals surface area contributed by atoms with Gasteiger partial charge in [-0.1, -0.05) is 32.9 Å². The Morgan fingerprint density at radius 3 is 2.56 bits per heavy atom. The van der Waals surface area contributed by atoms with Gasteiger partial charge in [-0.3, -0.25) is 4.79 Å². The molecule has 1 heterocycles. The molecule has 0 unspecified atom stereocenters. The molecule has 0 bridgehead atoms. The second kappa shape index (κ2) is 4.58. The van der Waals surface area contributed by atoms with Crippen LogP contribution in [0.15, 0.2) is 35.3 Å². The van der Waals surface area contributed by atoms with Crippen LogP contribution in [0, 0.1) is 0 Å². The Hall–Kier alpha value is -1.61. The van der Waals surface area contributed by atoms with E-state index in [4.69, 9.17) is 5.73 Å². The number of benzene rings is 1. The normalized spacial score (nSPS) is 12.0. The molecule has 96 valence electrons. The van der Waals surface area contributed by atoms with Crippen LogP contribution >= 0.6 is 0 Å². The highest BCUT2D eigenvalue weighted by Crippen LogP contribution is 2.24. The van der Waals surface area contributed by atoms with Gasteiger partial charge in [0.2, 0.25) is 0 Å². The van der Waals surface area contributed by atoms with Crippen LogP contribution in [0.25, 0.3) is 10.8 Å². The molecule has 0 amide bonds. The molecule has 18 heavy (non-hydrogen) atoms. The molecule has 0 fully saturated rings. The van der Waals surface area contributed by atoms with Crippen LogP contribution in [-0.2, 0) is 12.0 Å². The van der Waals surface area contributed by atoms with Crippen LogP contribution in [0.1, 0.15) is 26.3 Å². The molecule has 0 atom stereocenters. The summed E-state index contributed by atoms with van der Waals surface area (Å²) in [4.78, 5) is 12.2. The van der Waals surface area contributed by atoms with Crippen molar-refractivity contribution in [1.82, 2.24) is 4.57 Å².